The maximum atomic E-state index is 12.9. The van der Waals surface area contributed by atoms with Gasteiger partial charge >= 0.3 is 0 Å². The molecule has 0 spiro atoms. The molecule has 1 fully saturated rings. The van der Waals surface area contributed by atoms with Crippen LogP contribution in [-0.4, -0.2) is 43.6 Å². The molecule has 2 N–H and O–H groups in total. The molecule has 0 bridgehead atoms. The zero-order valence-corrected chi connectivity index (χ0v) is 12.2. The van der Waals surface area contributed by atoms with Gasteiger partial charge in [-0.2, -0.15) is 4.31 Å². The van der Waals surface area contributed by atoms with E-state index < -0.39 is 10.0 Å². The molecule has 0 aliphatic carbocycles. The van der Waals surface area contributed by atoms with Gasteiger partial charge in [0, 0.05) is 19.1 Å². The number of sulfonamides is 1. The second-order valence-corrected chi connectivity index (χ2v) is 7.27. The van der Waals surface area contributed by atoms with Crippen LogP contribution in [0.1, 0.15) is 24.0 Å². The number of aliphatic hydroxyl groups excluding tert-OH is 1. The Hall–Kier alpha value is -0.950. The van der Waals surface area contributed by atoms with Gasteiger partial charge in [0.25, 0.3) is 0 Å². The van der Waals surface area contributed by atoms with Crippen molar-refractivity contribution in [3.05, 3.63) is 29.3 Å². The van der Waals surface area contributed by atoms with E-state index in [2.05, 4.69) is 5.32 Å². The molecule has 6 heteroatoms. The molecule has 0 saturated carbocycles. The molecule has 2 aliphatic rings. The Balaban J connectivity index is 2.03. The van der Waals surface area contributed by atoms with E-state index in [1.807, 2.05) is 12.1 Å². The number of nitrogens with one attached hydrogen (secondary N) is 1. The average molecular weight is 296 g/mol. The maximum Gasteiger partial charge on any atom is 0.243 e. The number of fused-ring (bicyclic) bond motifs is 1. The highest BCUT2D eigenvalue weighted by molar-refractivity contribution is 7.89. The molecular formula is C14H20N2O3S. The van der Waals surface area contributed by atoms with Gasteiger partial charge in [-0.1, -0.05) is 12.1 Å². The zero-order valence-electron chi connectivity index (χ0n) is 11.4. The molecule has 1 unspecified atom stereocenters. The summed E-state index contributed by atoms with van der Waals surface area (Å²) in [6.07, 6.45) is 2.30. The Morgan fingerprint density at radius 3 is 3.05 bits per heavy atom. The van der Waals surface area contributed by atoms with E-state index in [-0.39, 0.29) is 12.6 Å². The van der Waals surface area contributed by atoms with E-state index in [0.717, 1.165) is 43.5 Å². The lowest BCUT2D eigenvalue weighted by molar-refractivity contribution is 0.213. The Morgan fingerprint density at radius 2 is 2.25 bits per heavy atom. The summed E-state index contributed by atoms with van der Waals surface area (Å²) in [7, 11) is -3.50. The van der Waals surface area contributed by atoms with Gasteiger partial charge in [0.1, 0.15) is 0 Å². The monoisotopic (exact) mass is 296 g/mol. The summed E-state index contributed by atoms with van der Waals surface area (Å²) in [6, 6.07) is 5.22. The predicted molar refractivity (Wildman–Crippen MR) is 75.9 cm³/mol. The number of hydrogen-bond donors (Lipinski definition) is 2. The summed E-state index contributed by atoms with van der Waals surface area (Å²) in [5.41, 5.74) is 2.01. The quantitative estimate of drug-likeness (QED) is 0.851. The standard InChI is InChI=1S/C14H20N2O3S/c17-10-12-4-2-8-16(12)20(18,19)14-5-1-3-11-9-15-7-6-13(11)14/h1,3,5,12,15,17H,2,4,6-10H2. The highest BCUT2D eigenvalue weighted by Crippen LogP contribution is 2.30. The first-order valence-corrected chi connectivity index (χ1v) is 8.53. The van der Waals surface area contributed by atoms with Crippen molar-refractivity contribution in [3.63, 3.8) is 0 Å². The highest BCUT2D eigenvalue weighted by Gasteiger charge is 2.36. The van der Waals surface area contributed by atoms with Gasteiger partial charge in [-0.15, -0.1) is 0 Å². The minimum Gasteiger partial charge on any atom is -0.395 e. The number of aliphatic hydroxyl groups is 1. The van der Waals surface area contributed by atoms with E-state index in [0.29, 0.717) is 11.4 Å². The molecule has 1 saturated heterocycles. The van der Waals surface area contributed by atoms with Gasteiger partial charge in [0.05, 0.1) is 11.5 Å². The lowest BCUT2D eigenvalue weighted by Crippen LogP contribution is -2.38. The highest BCUT2D eigenvalue weighted by atomic mass is 32.2. The zero-order chi connectivity index (χ0) is 14.2. The topological polar surface area (TPSA) is 69.6 Å². The third-order valence-corrected chi connectivity index (χ3v) is 6.25. The third-order valence-electron chi connectivity index (χ3n) is 4.22. The van der Waals surface area contributed by atoms with Crippen molar-refractivity contribution >= 4 is 10.0 Å². The molecular weight excluding hydrogens is 276 g/mol. The van der Waals surface area contributed by atoms with Crippen LogP contribution < -0.4 is 5.32 Å². The molecule has 1 aromatic carbocycles. The summed E-state index contributed by atoms with van der Waals surface area (Å²) in [4.78, 5) is 0.428. The molecule has 0 radical (unpaired) electrons. The molecule has 110 valence electrons. The SMILES string of the molecule is O=S(=O)(c1cccc2c1CCNC2)N1CCCC1CO. The van der Waals surface area contributed by atoms with Crippen LogP contribution in [0.15, 0.2) is 23.1 Å². The Morgan fingerprint density at radius 1 is 1.40 bits per heavy atom. The Kier molecular flexibility index (Phi) is 3.81. The first-order chi connectivity index (χ1) is 9.64. The first kappa shape index (κ1) is 14.0. The largest absolute Gasteiger partial charge is 0.395 e. The van der Waals surface area contributed by atoms with E-state index in [4.69, 9.17) is 0 Å². The molecule has 3 rings (SSSR count). The van der Waals surface area contributed by atoms with Gasteiger partial charge in [-0.05, 0) is 43.0 Å². The average Bonchev–Trinajstić information content (AvgIpc) is 2.96. The van der Waals surface area contributed by atoms with Gasteiger partial charge in [0.15, 0.2) is 0 Å². The molecule has 1 atom stereocenters. The predicted octanol–water partition coefficient (Wildman–Crippen LogP) is 0.478. The minimum absolute atomic E-state index is 0.101. The third kappa shape index (κ3) is 2.26. The lowest BCUT2D eigenvalue weighted by Gasteiger charge is -2.26. The van der Waals surface area contributed by atoms with Gasteiger partial charge in [-0.25, -0.2) is 8.42 Å². The van der Waals surface area contributed by atoms with Gasteiger partial charge in [-0.3, -0.25) is 0 Å². The van der Waals surface area contributed by atoms with Crippen LogP contribution in [0.5, 0.6) is 0 Å². The van der Waals surface area contributed by atoms with Crippen molar-refractivity contribution < 1.29 is 13.5 Å². The van der Waals surface area contributed by atoms with Crippen LogP contribution >= 0.6 is 0 Å². The summed E-state index contributed by atoms with van der Waals surface area (Å²) in [6.45, 7) is 1.94. The van der Waals surface area contributed by atoms with Crippen LogP contribution in [0, 0.1) is 0 Å². The van der Waals surface area contributed by atoms with E-state index in [9.17, 15) is 13.5 Å². The van der Waals surface area contributed by atoms with E-state index in [1.54, 1.807) is 6.07 Å². The molecule has 1 aromatic rings. The van der Waals surface area contributed by atoms with Crippen molar-refractivity contribution in [1.82, 2.24) is 9.62 Å². The van der Waals surface area contributed by atoms with Crippen molar-refractivity contribution in [2.75, 3.05) is 19.7 Å². The number of rotatable bonds is 3. The summed E-state index contributed by atoms with van der Waals surface area (Å²) in [5, 5.41) is 12.6. The fourth-order valence-electron chi connectivity index (χ4n) is 3.17. The molecule has 0 aromatic heterocycles. The minimum atomic E-state index is -3.50. The molecule has 2 heterocycles. The fourth-order valence-corrected chi connectivity index (χ4v) is 5.15. The second kappa shape index (κ2) is 5.44. The number of nitrogens with zero attached hydrogens (tertiary/aromatic N) is 1. The van der Waals surface area contributed by atoms with Crippen LogP contribution in [-0.2, 0) is 23.0 Å². The molecule has 2 aliphatic heterocycles. The molecule has 20 heavy (non-hydrogen) atoms. The number of benzene rings is 1. The van der Waals surface area contributed by atoms with Gasteiger partial charge < -0.3 is 10.4 Å². The fraction of sp³-hybridized carbons (Fsp3) is 0.571. The number of hydrogen-bond acceptors (Lipinski definition) is 4. The molecule has 0 amide bonds. The van der Waals surface area contributed by atoms with Crippen LogP contribution in [0.2, 0.25) is 0 Å². The van der Waals surface area contributed by atoms with Crippen LogP contribution in [0.4, 0.5) is 0 Å². The normalized spacial score (nSPS) is 23.8. The van der Waals surface area contributed by atoms with Crippen LogP contribution in [0.3, 0.4) is 0 Å². The summed E-state index contributed by atoms with van der Waals surface area (Å²) in [5.74, 6) is 0. The van der Waals surface area contributed by atoms with Crippen LogP contribution in [0.25, 0.3) is 0 Å². The Labute approximate surface area is 119 Å². The maximum absolute atomic E-state index is 12.9. The van der Waals surface area contributed by atoms with Crippen molar-refractivity contribution in [3.8, 4) is 0 Å². The van der Waals surface area contributed by atoms with Crippen molar-refractivity contribution in [2.24, 2.45) is 0 Å². The Bertz CT molecular complexity index is 600. The van der Waals surface area contributed by atoms with Crippen molar-refractivity contribution in [2.45, 2.75) is 36.7 Å². The van der Waals surface area contributed by atoms with E-state index >= 15 is 0 Å². The van der Waals surface area contributed by atoms with Gasteiger partial charge in [0.2, 0.25) is 10.0 Å². The smallest absolute Gasteiger partial charge is 0.243 e. The second-order valence-electron chi connectivity index (χ2n) is 5.41. The first-order valence-electron chi connectivity index (χ1n) is 7.09. The lowest BCUT2D eigenvalue weighted by atomic mass is 10.0. The van der Waals surface area contributed by atoms with Crippen molar-refractivity contribution in [1.29, 1.82) is 0 Å². The molecule has 5 nitrogen and oxygen atoms in total. The summed E-state index contributed by atoms with van der Waals surface area (Å²) < 4.78 is 27.2. The summed E-state index contributed by atoms with van der Waals surface area (Å²) >= 11 is 0. The van der Waals surface area contributed by atoms with E-state index in [1.165, 1.54) is 4.31 Å².